The van der Waals surface area contributed by atoms with Crippen molar-refractivity contribution in [2.24, 2.45) is 0 Å². The Morgan fingerprint density at radius 1 is 1.73 bits per heavy atom. The van der Waals surface area contributed by atoms with Gasteiger partial charge in [-0.3, -0.25) is 14.9 Å². The number of halogens is 1. The Bertz CT molecular complexity index is 289. The maximum atomic E-state index is 12.7. The lowest BCUT2D eigenvalue weighted by Crippen LogP contribution is -2.51. The molecule has 0 radical (unpaired) electrons. The molecule has 2 amide bonds. The molecule has 1 heterocycles. The minimum absolute atomic E-state index is 0.254. The molecule has 0 aromatic carbocycles. The van der Waals surface area contributed by atoms with Crippen LogP contribution in [0.3, 0.4) is 0 Å². The highest BCUT2D eigenvalue weighted by atomic mass is 19.1. The minimum Gasteiger partial charge on any atom is -0.302 e. The first-order valence-electron chi connectivity index (χ1n) is 4.89. The summed E-state index contributed by atoms with van der Waals surface area (Å²) in [4.78, 5) is 22.1. The van der Waals surface area contributed by atoms with Crippen LogP contribution in [-0.4, -0.2) is 30.6 Å². The molecule has 1 saturated heterocycles. The summed E-state index contributed by atoms with van der Waals surface area (Å²) >= 11 is 0. The van der Waals surface area contributed by atoms with Gasteiger partial charge in [0, 0.05) is 13.0 Å². The fraction of sp³-hybridized carbons (Fsp3) is 0.600. The summed E-state index contributed by atoms with van der Waals surface area (Å²) < 4.78 is 12.7. The first-order chi connectivity index (χ1) is 7.00. The molecule has 15 heavy (non-hydrogen) atoms. The van der Waals surface area contributed by atoms with Crippen LogP contribution in [0.1, 0.15) is 19.8 Å². The van der Waals surface area contributed by atoms with Gasteiger partial charge >= 0.3 is 0 Å². The van der Waals surface area contributed by atoms with Crippen molar-refractivity contribution in [1.82, 2.24) is 10.6 Å². The second kappa shape index (κ2) is 5.02. The number of carbonyl (C=O) groups excluding carboxylic acids is 2. The van der Waals surface area contributed by atoms with E-state index in [1.54, 1.807) is 0 Å². The Morgan fingerprint density at radius 2 is 2.40 bits per heavy atom. The molecule has 0 aromatic rings. The number of piperidine rings is 1. The largest absolute Gasteiger partial charge is 0.302 e. The summed E-state index contributed by atoms with van der Waals surface area (Å²) in [5.41, 5.74) is 0.403. The van der Waals surface area contributed by atoms with Gasteiger partial charge in [-0.15, -0.1) is 0 Å². The summed E-state index contributed by atoms with van der Waals surface area (Å²) in [6.45, 7) is 5.19. The molecule has 0 spiro atoms. The van der Waals surface area contributed by atoms with Crippen LogP contribution in [0.4, 0.5) is 4.39 Å². The number of nitrogens with one attached hydrogen (secondary N) is 2. The zero-order valence-corrected chi connectivity index (χ0v) is 8.68. The van der Waals surface area contributed by atoms with Crippen LogP contribution in [-0.2, 0) is 9.59 Å². The van der Waals surface area contributed by atoms with E-state index in [1.165, 1.54) is 6.92 Å². The summed E-state index contributed by atoms with van der Waals surface area (Å²) in [6.07, 6.45) is -0.314. The lowest BCUT2D eigenvalue weighted by molar-refractivity contribution is -0.134. The van der Waals surface area contributed by atoms with Crippen LogP contribution in [0.5, 0.6) is 0 Å². The van der Waals surface area contributed by atoms with E-state index in [1.807, 2.05) is 0 Å². The van der Waals surface area contributed by atoms with Crippen molar-refractivity contribution >= 4 is 11.8 Å². The van der Waals surface area contributed by atoms with Gasteiger partial charge in [-0.25, -0.2) is 4.39 Å². The lowest BCUT2D eigenvalue weighted by atomic mass is 10.1. The Morgan fingerprint density at radius 3 is 2.93 bits per heavy atom. The molecular weight excluding hydrogens is 199 g/mol. The SMILES string of the molecule is C=C(CNC1CCC(=O)NC1=O)C(C)F. The van der Waals surface area contributed by atoms with Gasteiger partial charge in [-0.2, -0.15) is 0 Å². The molecule has 0 saturated carbocycles. The number of carbonyl (C=O) groups is 2. The standard InChI is InChI=1S/C10H15FN2O2/c1-6(7(2)11)5-12-8-3-4-9(14)13-10(8)15/h7-8,12H,1,3-5H2,2H3,(H,13,14,15). The van der Waals surface area contributed by atoms with E-state index in [9.17, 15) is 14.0 Å². The Hall–Kier alpha value is -1.23. The van der Waals surface area contributed by atoms with E-state index >= 15 is 0 Å². The first-order valence-corrected chi connectivity index (χ1v) is 4.89. The van der Waals surface area contributed by atoms with Gasteiger partial charge in [0.15, 0.2) is 0 Å². The van der Waals surface area contributed by atoms with Crippen LogP contribution in [0, 0.1) is 0 Å². The third-order valence-corrected chi connectivity index (χ3v) is 2.38. The Kier molecular flexibility index (Phi) is 3.96. The molecule has 2 unspecified atom stereocenters. The molecule has 1 fully saturated rings. The topological polar surface area (TPSA) is 58.2 Å². The van der Waals surface area contributed by atoms with E-state index in [0.29, 0.717) is 18.4 Å². The van der Waals surface area contributed by atoms with Gasteiger partial charge in [-0.05, 0) is 18.9 Å². The number of amides is 2. The highest BCUT2D eigenvalue weighted by Gasteiger charge is 2.26. The average Bonchev–Trinajstić information content (AvgIpc) is 2.15. The van der Waals surface area contributed by atoms with Crippen molar-refractivity contribution in [2.45, 2.75) is 32.0 Å². The minimum atomic E-state index is -1.09. The molecular formula is C10H15FN2O2. The maximum absolute atomic E-state index is 12.7. The van der Waals surface area contributed by atoms with Crippen LogP contribution in [0.2, 0.25) is 0 Å². The lowest BCUT2D eigenvalue weighted by Gasteiger charge is -2.22. The van der Waals surface area contributed by atoms with E-state index in [4.69, 9.17) is 0 Å². The monoisotopic (exact) mass is 214 g/mol. The summed E-state index contributed by atoms with van der Waals surface area (Å²) in [6, 6.07) is -0.418. The molecule has 5 heteroatoms. The number of imide groups is 1. The Balaban J connectivity index is 2.36. The molecule has 2 atom stereocenters. The fourth-order valence-corrected chi connectivity index (χ4v) is 1.28. The number of hydrogen-bond acceptors (Lipinski definition) is 3. The Labute approximate surface area is 87.9 Å². The second-order valence-electron chi connectivity index (χ2n) is 3.66. The fourth-order valence-electron chi connectivity index (χ4n) is 1.28. The average molecular weight is 214 g/mol. The quantitative estimate of drug-likeness (QED) is 0.522. The molecule has 0 aromatic heterocycles. The van der Waals surface area contributed by atoms with Crippen LogP contribution >= 0.6 is 0 Å². The zero-order chi connectivity index (χ0) is 11.4. The van der Waals surface area contributed by atoms with Gasteiger partial charge in [0.1, 0.15) is 6.17 Å². The van der Waals surface area contributed by atoms with Gasteiger partial charge in [-0.1, -0.05) is 6.58 Å². The van der Waals surface area contributed by atoms with Crippen LogP contribution in [0.15, 0.2) is 12.2 Å². The van der Waals surface area contributed by atoms with Gasteiger partial charge < -0.3 is 5.32 Å². The summed E-state index contributed by atoms with van der Waals surface area (Å²) in [5, 5.41) is 5.09. The highest BCUT2D eigenvalue weighted by Crippen LogP contribution is 2.06. The normalized spacial score (nSPS) is 23.5. The van der Waals surface area contributed by atoms with Crippen LogP contribution < -0.4 is 10.6 Å². The van der Waals surface area contributed by atoms with E-state index in [0.717, 1.165) is 0 Å². The van der Waals surface area contributed by atoms with Crippen LogP contribution in [0.25, 0.3) is 0 Å². The molecule has 4 nitrogen and oxygen atoms in total. The number of rotatable bonds is 4. The number of alkyl halides is 1. The molecule has 1 aliphatic heterocycles. The van der Waals surface area contributed by atoms with Crippen molar-refractivity contribution < 1.29 is 14.0 Å². The van der Waals surface area contributed by atoms with Crippen molar-refractivity contribution in [3.63, 3.8) is 0 Å². The van der Waals surface area contributed by atoms with Gasteiger partial charge in [0.25, 0.3) is 0 Å². The molecule has 1 rings (SSSR count). The van der Waals surface area contributed by atoms with Crippen molar-refractivity contribution in [3.8, 4) is 0 Å². The number of hydrogen-bond donors (Lipinski definition) is 2. The predicted molar refractivity (Wildman–Crippen MR) is 53.9 cm³/mol. The third-order valence-electron chi connectivity index (χ3n) is 2.38. The van der Waals surface area contributed by atoms with E-state index in [-0.39, 0.29) is 18.4 Å². The van der Waals surface area contributed by atoms with E-state index < -0.39 is 12.2 Å². The van der Waals surface area contributed by atoms with Crippen molar-refractivity contribution in [1.29, 1.82) is 0 Å². The summed E-state index contributed by atoms with van der Waals surface area (Å²) in [5.74, 6) is -0.596. The maximum Gasteiger partial charge on any atom is 0.243 e. The zero-order valence-electron chi connectivity index (χ0n) is 8.68. The van der Waals surface area contributed by atoms with E-state index in [2.05, 4.69) is 17.2 Å². The molecule has 0 bridgehead atoms. The van der Waals surface area contributed by atoms with Gasteiger partial charge in [0.2, 0.25) is 11.8 Å². The van der Waals surface area contributed by atoms with Gasteiger partial charge in [0.05, 0.1) is 6.04 Å². The second-order valence-corrected chi connectivity index (χ2v) is 3.66. The predicted octanol–water partition coefficient (Wildman–Crippen LogP) is 0.295. The first kappa shape index (κ1) is 11.8. The molecule has 84 valence electrons. The molecule has 2 N–H and O–H groups in total. The van der Waals surface area contributed by atoms with Crippen molar-refractivity contribution in [3.05, 3.63) is 12.2 Å². The summed E-state index contributed by atoms with van der Waals surface area (Å²) in [7, 11) is 0. The van der Waals surface area contributed by atoms with Crippen molar-refractivity contribution in [2.75, 3.05) is 6.54 Å². The third kappa shape index (κ3) is 3.43. The highest BCUT2D eigenvalue weighted by molar-refractivity contribution is 6.00. The molecule has 0 aliphatic carbocycles. The smallest absolute Gasteiger partial charge is 0.243 e. The molecule has 1 aliphatic rings.